The molecule has 0 aromatic heterocycles. The van der Waals surface area contributed by atoms with E-state index in [2.05, 4.69) is 38.2 Å². The van der Waals surface area contributed by atoms with Crippen LogP contribution in [0.2, 0.25) is 0 Å². The standard InChI is InChI=1S/C48H89NO7/c1-6-8-10-12-14-16-18-20-22-23-24-25-27-28-30-32-34-36-38-46(50)55-43-44(42-54-41-40-45(48(52)53)49(3,4)5)56-47(51)39-37-35-33-31-29-26-21-19-17-15-13-11-9-7-2/h13,15,19,21,44-45H,6-12,14,16-18,20,22-43H2,1-5H3/b15-13-,21-19-. The number of likely N-dealkylation sites (N-methyl/N-ethyl adjacent to an activating group) is 1. The number of unbranched alkanes of at least 4 members (excludes halogenated alkanes) is 24. The van der Waals surface area contributed by atoms with Gasteiger partial charge in [0, 0.05) is 19.3 Å². The molecule has 328 valence electrons. The van der Waals surface area contributed by atoms with Crippen molar-refractivity contribution in [3.8, 4) is 0 Å². The first-order valence-electron chi connectivity index (χ1n) is 23.4. The molecule has 2 unspecified atom stereocenters. The van der Waals surface area contributed by atoms with E-state index < -0.39 is 18.1 Å². The molecule has 0 bridgehead atoms. The molecule has 8 nitrogen and oxygen atoms in total. The fourth-order valence-corrected chi connectivity index (χ4v) is 6.91. The van der Waals surface area contributed by atoms with Crippen molar-refractivity contribution in [3.05, 3.63) is 24.3 Å². The zero-order valence-corrected chi connectivity index (χ0v) is 37.3. The summed E-state index contributed by atoms with van der Waals surface area (Å²) in [4.78, 5) is 36.9. The van der Waals surface area contributed by atoms with Gasteiger partial charge in [0.25, 0.3) is 0 Å². The quantitative estimate of drug-likeness (QED) is 0.0262. The minimum Gasteiger partial charge on any atom is -0.544 e. The van der Waals surface area contributed by atoms with Crippen LogP contribution in [0.4, 0.5) is 0 Å². The molecular formula is C48H89NO7. The van der Waals surface area contributed by atoms with E-state index in [9.17, 15) is 19.5 Å². The third kappa shape index (κ3) is 37.4. The number of carbonyl (C=O) groups excluding carboxylic acids is 3. The summed E-state index contributed by atoms with van der Waals surface area (Å²) in [5.74, 6) is -1.74. The average Bonchev–Trinajstić information content (AvgIpc) is 3.15. The van der Waals surface area contributed by atoms with Gasteiger partial charge < -0.3 is 28.6 Å². The monoisotopic (exact) mass is 792 g/mol. The molecule has 0 aliphatic heterocycles. The second-order valence-electron chi connectivity index (χ2n) is 17.0. The van der Waals surface area contributed by atoms with E-state index in [4.69, 9.17) is 14.2 Å². The summed E-state index contributed by atoms with van der Waals surface area (Å²) in [6, 6.07) is -0.725. The Hall–Kier alpha value is -2.19. The third-order valence-corrected chi connectivity index (χ3v) is 10.6. The van der Waals surface area contributed by atoms with Gasteiger partial charge in [-0.1, -0.05) is 179 Å². The molecule has 0 amide bonds. The van der Waals surface area contributed by atoms with Crippen LogP contribution < -0.4 is 5.11 Å². The number of hydrogen-bond donors (Lipinski definition) is 0. The van der Waals surface area contributed by atoms with E-state index in [0.29, 0.717) is 12.8 Å². The minimum atomic E-state index is -1.13. The molecule has 0 heterocycles. The Morgan fingerprint density at radius 1 is 0.536 bits per heavy atom. The highest BCUT2D eigenvalue weighted by molar-refractivity contribution is 5.70. The van der Waals surface area contributed by atoms with Gasteiger partial charge in [0.05, 0.1) is 40.3 Å². The summed E-state index contributed by atoms with van der Waals surface area (Å²) in [7, 11) is 5.41. The van der Waals surface area contributed by atoms with E-state index in [1.807, 2.05) is 0 Å². The van der Waals surface area contributed by atoms with Crippen molar-refractivity contribution in [1.82, 2.24) is 0 Å². The van der Waals surface area contributed by atoms with E-state index in [1.165, 1.54) is 116 Å². The minimum absolute atomic E-state index is 0.0389. The molecule has 0 spiro atoms. The molecule has 0 radical (unpaired) electrons. The largest absolute Gasteiger partial charge is 0.544 e. The van der Waals surface area contributed by atoms with Crippen LogP contribution in [-0.2, 0) is 28.6 Å². The molecule has 2 atom stereocenters. The topological polar surface area (TPSA) is 102 Å². The zero-order valence-electron chi connectivity index (χ0n) is 37.3. The van der Waals surface area contributed by atoms with Gasteiger partial charge in [-0.2, -0.15) is 0 Å². The number of quaternary nitrogens is 1. The van der Waals surface area contributed by atoms with E-state index in [0.717, 1.165) is 64.2 Å². The maximum atomic E-state index is 12.7. The fourth-order valence-electron chi connectivity index (χ4n) is 6.91. The molecule has 56 heavy (non-hydrogen) atoms. The SMILES string of the molecule is CCCC/C=C\C/C=C\CCCCCCCC(=O)OC(COCCC(C(=O)[O-])[N+](C)(C)C)COC(=O)CCCCCCCCCCCCCCCCCCCC. The molecule has 0 rings (SSSR count). The average molecular weight is 792 g/mol. The highest BCUT2D eigenvalue weighted by Gasteiger charge is 2.25. The highest BCUT2D eigenvalue weighted by Crippen LogP contribution is 2.16. The fraction of sp³-hybridized carbons (Fsp3) is 0.854. The number of allylic oxidation sites excluding steroid dienone is 4. The molecule has 0 aromatic rings. The van der Waals surface area contributed by atoms with E-state index in [-0.39, 0.29) is 42.7 Å². The first-order chi connectivity index (χ1) is 27.1. The number of nitrogens with zero attached hydrogens (tertiary/aromatic N) is 1. The van der Waals surface area contributed by atoms with Crippen molar-refractivity contribution in [1.29, 1.82) is 0 Å². The number of esters is 2. The Labute approximate surface area is 345 Å². The normalized spacial score (nSPS) is 13.1. The molecule has 0 saturated carbocycles. The van der Waals surface area contributed by atoms with Crippen molar-refractivity contribution in [2.24, 2.45) is 0 Å². The molecule has 0 aliphatic rings. The van der Waals surface area contributed by atoms with Gasteiger partial charge >= 0.3 is 11.9 Å². The maximum absolute atomic E-state index is 12.7. The molecule has 0 aromatic carbocycles. The van der Waals surface area contributed by atoms with Gasteiger partial charge in [0.1, 0.15) is 12.6 Å². The van der Waals surface area contributed by atoms with Crippen molar-refractivity contribution in [3.63, 3.8) is 0 Å². The highest BCUT2D eigenvalue weighted by atomic mass is 16.6. The molecular weight excluding hydrogens is 703 g/mol. The Bertz CT molecular complexity index is 973. The maximum Gasteiger partial charge on any atom is 0.306 e. The van der Waals surface area contributed by atoms with Gasteiger partial charge in [-0.05, 0) is 38.5 Å². The van der Waals surface area contributed by atoms with Crippen LogP contribution in [0.5, 0.6) is 0 Å². The summed E-state index contributed by atoms with van der Waals surface area (Å²) in [5.41, 5.74) is 0. The predicted molar refractivity (Wildman–Crippen MR) is 231 cm³/mol. The second kappa shape index (κ2) is 39.6. The second-order valence-corrected chi connectivity index (χ2v) is 17.0. The first-order valence-corrected chi connectivity index (χ1v) is 23.4. The molecule has 0 fully saturated rings. The van der Waals surface area contributed by atoms with E-state index in [1.54, 1.807) is 21.1 Å². The lowest BCUT2D eigenvalue weighted by molar-refractivity contribution is -0.889. The van der Waals surface area contributed by atoms with Gasteiger partial charge in [0.2, 0.25) is 0 Å². The van der Waals surface area contributed by atoms with Crippen LogP contribution in [0.1, 0.15) is 213 Å². The Kier molecular flexibility index (Phi) is 38.1. The smallest absolute Gasteiger partial charge is 0.306 e. The van der Waals surface area contributed by atoms with E-state index >= 15 is 0 Å². The van der Waals surface area contributed by atoms with Crippen molar-refractivity contribution in [2.75, 3.05) is 41.0 Å². The van der Waals surface area contributed by atoms with Crippen LogP contribution in [-0.4, -0.2) is 75.5 Å². The lowest BCUT2D eigenvalue weighted by Crippen LogP contribution is -2.55. The number of aliphatic carboxylic acids is 1. The van der Waals surface area contributed by atoms with Crippen LogP contribution in [0.15, 0.2) is 24.3 Å². The Balaban J connectivity index is 4.28. The summed E-state index contributed by atoms with van der Waals surface area (Å²) in [6.07, 6.45) is 43.4. The lowest BCUT2D eigenvalue weighted by Gasteiger charge is -2.34. The number of carbonyl (C=O) groups is 3. The van der Waals surface area contributed by atoms with Crippen molar-refractivity contribution < 1.29 is 38.2 Å². The zero-order chi connectivity index (χ0) is 41.4. The van der Waals surface area contributed by atoms with Gasteiger partial charge in [-0.3, -0.25) is 9.59 Å². The first kappa shape index (κ1) is 53.8. The summed E-state index contributed by atoms with van der Waals surface area (Å²) in [6.45, 7) is 4.63. The van der Waals surface area contributed by atoms with Crippen LogP contribution >= 0.6 is 0 Å². The van der Waals surface area contributed by atoms with Gasteiger partial charge in [0.15, 0.2) is 6.10 Å². The van der Waals surface area contributed by atoms with Gasteiger partial charge in [-0.15, -0.1) is 0 Å². The Morgan fingerprint density at radius 2 is 0.964 bits per heavy atom. The molecule has 0 saturated heterocycles. The number of ether oxygens (including phenoxy) is 3. The van der Waals surface area contributed by atoms with Crippen LogP contribution in [0.3, 0.4) is 0 Å². The number of carboxylic acid groups (broad SMARTS) is 1. The Morgan fingerprint density at radius 3 is 1.43 bits per heavy atom. The molecule has 0 N–H and O–H groups in total. The summed E-state index contributed by atoms with van der Waals surface area (Å²) in [5, 5.41) is 11.6. The molecule has 8 heteroatoms. The van der Waals surface area contributed by atoms with Crippen LogP contribution in [0.25, 0.3) is 0 Å². The number of rotatable bonds is 42. The summed E-state index contributed by atoms with van der Waals surface area (Å²) < 4.78 is 17.2. The number of carboxylic acids is 1. The van der Waals surface area contributed by atoms with Crippen molar-refractivity contribution >= 4 is 17.9 Å². The third-order valence-electron chi connectivity index (χ3n) is 10.6. The number of hydrogen-bond acceptors (Lipinski definition) is 7. The summed E-state index contributed by atoms with van der Waals surface area (Å²) >= 11 is 0. The predicted octanol–water partition coefficient (Wildman–Crippen LogP) is 11.5. The molecule has 0 aliphatic carbocycles. The van der Waals surface area contributed by atoms with Gasteiger partial charge in [-0.25, -0.2) is 0 Å². The van der Waals surface area contributed by atoms with Crippen LogP contribution in [0, 0.1) is 0 Å². The van der Waals surface area contributed by atoms with Crippen molar-refractivity contribution in [2.45, 2.75) is 225 Å². The lowest BCUT2D eigenvalue weighted by atomic mass is 10.0.